The number of carbonyl (C=O) groups excluding carboxylic acids is 1. The quantitative estimate of drug-likeness (QED) is 0.660. The Labute approximate surface area is 85.4 Å². The molecule has 0 aromatic carbocycles. The summed E-state index contributed by atoms with van der Waals surface area (Å²) >= 11 is 0. The molecule has 0 aromatic rings. The lowest BCUT2D eigenvalue weighted by molar-refractivity contribution is -0.130. The summed E-state index contributed by atoms with van der Waals surface area (Å²) in [7, 11) is 0. The van der Waals surface area contributed by atoms with Crippen LogP contribution in [0.25, 0.3) is 0 Å². The third-order valence-electron chi connectivity index (χ3n) is 2.68. The lowest BCUT2D eigenvalue weighted by Gasteiger charge is -2.31. The van der Waals surface area contributed by atoms with Gasteiger partial charge in [-0.1, -0.05) is 0 Å². The highest BCUT2D eigenvalue weighted by atomic mass is 16.5. The third kappa shape index (κ3) is 3.64. The van der Waals surface area contributed by atoms with Gasteiger partial charge in [-0.15, -0.1) is 0 Å². The maximum absolute atomic E-state index is 11.0. The smallest absolute Gasteiger partial charge is 0.219 e. The van der Waals surface area contributed by atoms with Crippen molar-refractivity contribution in [2.24, 2.45) is 11.7 Å². The minimum absolute atomic E-state index is 0.186. The molecule has 14 heavy (non-hydrogen) atoms. The lowest BCUT2D eigenvalue weighted by Crippen LogP contribution is -2.38. The fourth-order valence-corrected chi connectivity index (χ4v) is 1.75. The second-order valence-corrected chi connectivity index (χ2v) is 3.81. The number of hydrogen-bond donors (Lipinski definition) is 1. The summed E-state index contributed by atoms with van der Waals surface area (Å²) in [6.07, 6.45) is 2.12. The standard InChI is InChI=1S/C10H20N2O2/c1-9(13)12-5-2-10(3-6-12)8-14-7-4-11/h10H,2-8,11H2,1H3. The number of ether oxygens (including phenoxy) is 1. The van der Waals surface area contributed by atoms with E-state index in [4.69, 9.17) is 10.5 Å². The van der Waals surface area contributed by atoms with Gasteiger partial charge in [-0.05, 0) is 18.8 Å². The maximum Gasteiger partial charge on any atom is 0.219 e. The summed E-state index contributed by atoms with van der Waals surface area (Å²) in [5.41, 5.74) is 5.33. The van der Waals surface area contributed by atoms with E-state index < -0.39 is 0 Å². The Bertz CT molecular complexity index is 177. The van der Waals surface area contributed by atoms with Gasteiger partial charge < -0.3 is 15.4 Å². The fourth-order valence-electron chi connectivity index (χ4n) is 1.75. The van der Waals surface area contributed by atoms with Gasteiger partial charge in [0.05, 0.1) is 6.61 Å². The number of nitrogens with two attached hydrogens (primary N) is 1. The molecule has 1 amide bonds. The Morgan fingerprint density at radius 1 is 1.50 bits per heavy atom. The van der Waals surface area contributed by atoms with Crippen LogP contribution in [0.5, 0.6) is 0 Å². The first-order valence-corrected chi connectivity index (χ1v) is 5.27. The van der Waals surface area contributed by atoms with Gasteiger partial charge in [-0.25, -0.2) is 0 Å². The van der Waals surface area contributed by atoms with Crippen LogP contribution in [0.15, 0.2) is 0 Å². The number of hydrogen-bond acceptors (Lipinski definition) is 3. The molecule has 0 unspecified atom stereocenters. The van der Waals surface area contributed by atoms with Crippen LogP contribution in [-0.4, -0.2) is 43.7 Å². The van der Waals surface area contributed by atoms with Crippen LogP contribution in [0.4, 0.5) is 0 Å². The van der Waals surface area contributed by atoms with Crippen molar-refractivity contribution < 1.29 is 9.53 Å². The summed E-state index contributed by atoms with van der Waals surface area (Å²) in [6, 6.07) is 0. The zero-order valence-electron chi connectivity index (χ0n) is 8.87. The summed E-state index contributed by atoms with van der Waals surface area (Å²) in [5, 5.41) is 0. The summed E-state index contributed by atoms with van der Waals surface area (Å²) in [6.45, 7) is 5.42. The van der Waals surface area contributed by atoms with Crippen molar-refractivity contribution in [3.05, 3.63) is 0 Å². The van der Waals surface area contributed by atoms with E-state index in [0.29, 0.717) is 19.1 Å². The van der Waals surface area contributed by atoms with E-state index >= 15 is 0 Å². The molecule has 4 heteroatoms. The van der Waals surface area contributed by atoms with Crippen molar-refractivity contribution in [2.75, 3.05) is 32.8 Å². The first-order valence-electron chi connectivity index (χ1n) is 5.27. The first-order chi connectivity index (χ1) is 6.74. The molecule has 1 heterocycles. The van der Waals surface area contributed by atoms with E-state index in [1.54, 1.807) is 6.92 Å². The average Bonchev–Trinajstić information content (AvgIpc) is 2.19. The predicted molar refractivity (Wildman–Crippen MR) is 54.9 cm³/mol. The van der Waals surface area contributed by atoms with Crippen LogP contribution in [0.3, 0.4) is 0 Å². The highest BCUT2D eigenvalue weighted by Crippen LogP contribution is 2.17. The largest absolute Gasteiger partial charge is 0.380 e. The Hall–Kier alpha value is -0.610. The molecular weight excluding hydrogens is 180 g/mol. The van der Waals surface area contributed by atoms with Gasteiger partial charge in [-0.3, -0.25) is 4.79 Å². The normalized spacial score (nSPS) is 18.6. The Kier molecular flexibility index (Phi) is 4.90. The van der Waals surface area contributed by atoms with Crippen LogP contribution in [0, 0.1) is 5.92 Å². The molecule has 1 aliphatic rings. The molecule has 0 saturated carbocycles. The minimum atomic E-state index is 0.186. The van der Waals surface area contributed by atoms with E-state index in [0.717, 1.165) is 32.5 Å². The van der Waals surface area contributed by atoms with Crippen LogP contribution >= 0.6 is 0 Å². The zero-order chi connectivity index (χ0) is 10.4. The van der Waals surface area contributed by atoms with Crippen LogP contribution in [-0.2, 0) is 9.53 Å². The Morgan fingerprint density at radius 3 is 2.64 bits per heavy atom. The predicted octanol–water partition coefficient (Wildman–Crippen LogP) is 0.220. The molecule has 0 atom stereocenters. The highest BCUT2D eigenvalue weighted by molar-refractivity contribution is 5.73. The van der Waals surface area contributed by atoms with E-state index in [2.05, 4.69) is 0 Å². The van der Waals surface area contributed by atoms with E-state index in [1.165, 1.54) is 0 Å². The van der Waals surface area contributed by atoms with Crippen molar-refractivity contribution in [3.63, 3.8) is 0 Å². The number of amides is 1. The van der Waals surface area contributed by atoms with Crippen molar-refractivity contribution >= 4 is 5.91 Å². The number of carbonyl (C=O) groups is 1. The SMILES string of the molecule is CC(=O)N1CCC(COCCN)CC1. The highest BCUT2D eigenvalue weighted by Gasteiger charge is 2.20. The molecular formula is C10H20N2O2. The number of nitrogens with zero attached hydrogens (tertiary/aromatic N) is 1. The number of likely N-dealkylation sites (tertiary alicyclic amines) is 1. The zero-order valence-corrected chi connectivity index (χ0v) is 8.87. The fraction of sp³-hybridized carbons (Fsp3) is 0.900. The molecule has 0 radical (unpaired) electrons. The van der Waals surface area contributed by atoms with Crippen molar-refractivity contribution in [2.45, 2.75) is 19.8 Å². The average molecular weight is 200 g/mol. The molecule has 82 valence electrons. The van der Waals surface area contributed by atoms with E-state index in [9.17, 15) is 4.79 Å². The molecule has 0 bridgehead atoms. The molecule has 1 saturated heterocycles. The number of rotatable bonds is 4. The van der Waals surface area contributed by atoms with Gasteiger partial charge in [0.15, 0.2) is 0 Å². The van der Waals surface area contributed by atoms with Crippen LogP contribution in [0.1, 0.15) is 19.8 Å². The van der Waals surface area contributed by atoms with Crippen molar-refractivity contribution in [3.8, 4) is 0 Å². The van der Waals surface area contributed by atoms with Gasteiger partial charge in [0.1, 0.15) is 0 Å². The van der Waals surface area contributed by atoms with Crippen LogP contribution < -0.4 is 5.73 Å². The topological polar surface area (TPSA) is 55.6 Å². The monoisotopic (exact) mass is 200 g/mol. The molecule has 4 nitrogen and oxygen atoms in total. The van der Waals surface area contributed by atoms with Gasteiger partial charge in [-0.2, -0.15) is 0 Å². The molecule has 0 spiro atoms. The van der Waals surface area contributed by atoms with Gasteiger partial charge in [0, 0.05) is 33.2 Å². The van der Waals surface area contributed by atoms with Crippen molar-refractivity contribution in [1.29, 1.82) is 0 Å². The van der Waals surface area contributed by atoms with Gasteiger partial charge in [0.2, 0.25) is 5.91 Å². The number of piperidine rings is 1. The maximum atomic E-state index is 11.0. The second-order valence-electron chi connectivity index (χ2n) is 3.81. The minimum Gasteiger partial charge on any atom is -0.380 e. The Morgan fingerprint density at radius 2 is 2.14 bits per heavy atom. The van der Waals surface area contributed by atoms with Gasteiger partial charge >= 0.3 is 0 Å². The van der Waals surface area contributed by atoms with Crippen molar-refractivity contribution in [1.82, 2.24) is 4.90 Å². The van der Waals surface area contributed by atoms with E-state index in [-0.39, 0.29) is 5.91 Å². The lowest BCUT2D eigenvalue weighted by atomic mass is 9.98. The molecule has 2 N–H and O–H groups in total. The Balaban J connectivity index is 2.12. The summed E-state index contributed by atoms with van der Waals surface area (Å²) in [5.74, 6) is 0.795. The third-order valence-corrected chi connectivity index (χ3v) is 2.68. The van der Waals surface area contributed by atoms with Crippen LogP contribution in [0.2, 0.25) is 0 Å². The molecule has 1 rings (SSSR count). The molecule has 1 aliphatic heterocycles. The summed E-state index contributed by atoms with van der Waals surface area (Å²) < 4.78 is 5.39. The van der Waals surface area contributed by atoms with Gasteiger partial charge in [0.25, 0.3) is 0 Å². The molecule has 0 aromatic heterocycles. The second kappa shape index (κ2) is 5.98. The first kappa shape index (κ1) is 11.5. The molecule has 1 fully saturated rings. The summed E-state index contributed by atoms with van der Waals surface area (Å²) in [4.78, 5) is 12.9. The molecule has 0 aliphatic carbocycles. The van der Waals surface area contributed by atoms with E-state index in [1.807, 2.05) is 4.90 Å².